The lowest BCUT2D eigenvalue weighted by Gasteiger charge is -2.27. The minimum Gasteiger partial charge on any atom is -0.365 e. The Balaban J connectivity index is 1.96. The van der Waals surface area contributed by atoms with Gasteiger partial charge in [0.2, 0.25) is 5.95 Å². The smallest absolute Gasteiger partial charge is 0.224 e. The highest BCUT2D eigenvalue weighted by atomic mass is 15.1. The van der Waals surface area contributed by atoms with Gasteiger partial charge in [-0.1, -0.05) is 30.3 Å². The van der Waals surface area contributed by atoms with Crippen molar-refractivity contribution in [3.8, 4) is 0 Å². The van der Waals surface area contributed by atoms with Crippen molar-refractivity contribution in [3.63, 3.8) is 0 Å². The molecule has 1 aromatic heterocycles. The molecule has 0 fully saturated rings. The Kier molecular flexibility index (Phi) is 4.56. The number of anilines is 2. The van der Waals surface area contributed by atoms with Crippen molar-refractivity contribution < 1.29 is 0 Å². The number of hydrogen-bond acceptors (Lipinski definition) is 4. The fraction of sp³-hybridized carbons (Fsp3) is 0.375. The van der Waals surface area contributed by atoms with Gasteiger partial charge in [0.1, 0.15) is 5.82 Å². The molecule has 1 aromatic carbocycles. The second kappa shape index (κ2) is 6.37. The Labute approximate surface area is 120 Å². The van der Waals surface area contributed by atoms with Crippen LogP contribution in [0, 0.1) is 0 Å². The number of rotatable bonds is 6. The van der Waals surface area contributed by atoms with Gasteiger partial charge in [0, 0.05) is 18.8 Å². The molecule has 2 aromatic rings. The second-order valence-corrected chi connectivity index (χ2v) is 5.51. The topological polar surface area (TPSA) is 49.8 Å². The lowest BCUT2D eigenvalue weighted by atomic mass is 9.95. The average Bonchev–Trinajstić information content (AvgIpc) is 2.46. The molecule has 0 amide bonds. The van der Waals surface area contributed by atoms with Gasteiger partial charge in [-0.2, -0.15) is 4.98 Å². The molecule has 2 N–H and O–H groups in total. The Morgan fingerprint density at radius 1 is 1.10 bits per heavy atom. The minimum absolute atomic E-state index is 0.0186. The summed E-state index contributed by atoms with van der Waals surface area (Å²) in [5, 5.41) is 6.42. The van der Waals surface area contributed by atoms with Crippen LogP contribution in [-0.4, -0.2) is 22.6 Å². The molecule has 1 heterocycles. The van der Waals surface area contributed by atoms with Crippen LogP contribution in [0.2, 0.25) is 0 Å². The summed E-state index contributed by atoms with van der Waals surface area (Å²) >= 11 is 0. The van der Waals surface area contributed by atoms with Crippen molar-refractivity contribution in [1.82, 2.24) is 9.97 Å². The molecule has 0 aliphatic carbocycles. The van der Waals surface area contributed by atoms with Gasteiger partial charge < -0.3 is 10.6 Å². The van der Waals surface area contributed by atoms with Gasteiger partial charge >= 0.3 is 0 Å². The molecule has 0 bridgehead atoms. The Hall–Kier alpha value is -2.10. The number of benzene rings is 1. The third kappa shape index (κ3) is 4.23. The lowest BCUT2D eigenvalue weighted by molar-refractivity contribution is 0.516. The van der Waals surface area contributed by atoms with Crippen molar-refractivity contribution in [3.05, 3.63) is 48.2 Å². The van der Waals surface area contributed by atoms with Gasteiger partial charge in [-0.05, 0) is 38.3 Å². The summed E-state index contributed by atoms with van der Waals surface area (Å²) in [5.41, 5.74) is 1.34. The first-order chi connectivity index (χ1) is 9.59. The van der Waals surface area contributed by atoms with E-state index in [1.807, 2.05) is 19.2 Å². The van der Waals surface area contributed by atoms with Crippen LogP contribution in [0.3, 0.4) is 0 Å². The summed E-state index contributed by atoms with van der Waals surface area (Å²) in [7, 11) is 1.82. The summed E-state index contributed by atoms with van der Waals surface area (Å²) in [6.07, 6.45) is 3.84. The van der Waals surface area contributed by atoms with Crippen LogP contribution in [0.1, 0.15) is 25.8 Å². The van der Waals surface area contributed by atoms with Crippen molar-refractivity contribution in [2.45, 2.75) is 32.2 Å². The molecule has 0 aliphatic rings. The highest BCUT2D eigenvalue weighted by molar-refractivity contribution is 5.41. The molecule has 20 heavy (non-hydrogen) atoms. The number of aryl methyl sites for hydroxylation is 1. The van der Waals surface area contributed by atoms with Gasteiger partial charge in [-0.25, -0.2) is 4.98 Å². The SMILES string of the molecule is CNc1nccc(NC(C)(C)CCc2ccccc2)n1. The van der Waals surface area contributed by atoms with Crippen molar-refractivity contribution in [2.75, 3.05) is 17.7 Å². The average molecular weight is 270 g/mol. The molecule has 0 radical (unpaired) electrons. The van der Waals surface area contributed by atoms with Gasteiger partial charge in [0.15, 0.2) is 0 Å². The summed E-state index contributed by atoms with van der Waals surface area (Å²) in [4.78, 5) is 8.52. The molecule has 4 nitrogen and oxygen atoms in total. The molecule has 0 saturated heterocycles. The molecule has 106 valence electrons. The number of nitrogens with one attached hydrogen (secondary N) is 2. The van der Waals surface area contributed by atoms with E-state index in [1.165, 1.54) is 5.56 Å². The second-order valence-electron chi connectivity index (χ2n) is 5.51. The van der Waals surface area contributed by atoms with E-state index in [2.05, 4.69) is 58.7 Å². The van der Waals surface area contributed by atoms with E-state index in [4.69, 9.17) is 0 Å². The van der Waals surface area contributed by atoms with E-state index in [1.54, 1.807) is 6.20 Å². The van der Waals surface area contributed by atoms with Crippen molar-refractivity contribution >= 4 is 11.8 Å². The maximum atomic E-state index is 4.40. The summed E-state index contributed by atoms with van der Waals surface area (Å²) in [6.45, 7) is 4.38. The Morgan fingerprint density at radius 3 is 2.55 bits per heavy atom. The highest BCUT2D eigenvalue weighted by Gasteiger charge is 2.18. The van der Waals surface area contributed by atoms with E-state index >= 15 is 0 Å². The van der Waals surface area contributed by atoms with Crippen molar-refractivity contribution in [2.24, 2.45) is 0 Å². The third-order valence-electron chi connectivity index (χ3n) is 3.23. The first-order valence-corrected chi connectivity index (χ1v) is 6.92. The summed E-state index contributed by atoms with van der Waals surface area (Å²) in [5.74, 6) is 1.48. The maximum Gasteiger partial charge on any atom is 0.224 e. The van der Waals surface area contributed by atoms with E-state index < -0.39 is 0 Å². The largest absolute Gasteiger partial charge is 0.365 e. The van der Waals surface area contributed by atoms with Gasteiger partial charge in [-0.3, -0.25) is 0 Å². The minimum atomic E-state index is -0.0186. The van der Waals surface area contributed by atoms with E-state index in [9.17, 15) is 0 Å². The van der Waals surface area contributed by atoms with Crippen LogP contribution in [0.4, 0.5) is 11.8 Å². The Morgan fingerprint density at radius 2 is 1.85 bits per heavy atom. The zero-order valence-electron chi connectivity index (χ0n) is 12.4. The third-order valence-corrected chi connectivity index (χ3v) is 3.23. The molecular formula is C16H22N4. The van der Waals surface area contributed by atoms with Crippen LogP contribution in [0.15, 0.2) is 42.6 Å². The summed E-state index contributed by atoms with van der Waals surface area (Å²) < 4.78 is 0. The van der Waals surface area contributed by atoms with Crippen LogP contribution >= 0.6 is 0 Å². The number of aromatic nitrogens is 2. The lowest BCUT2D eigenvalue weighted by Crippen LogP contribution is -2.32. The molecular weight excluding hydrogens is 248 g/mol. The van der Waals surface area contributed by atoms with Gasteiger partial charge in [0.25, 0.3) is 0 Å². The molecule has 2 rings (SSSR count). The molecule has 0 spiro atoms. The number of nitrogens with zero attached hydrogens (tertiary/aromatic N) is 2. The van der Waals surface area contributed by atoms with Crippen molar-refractivity contribution in [1.29, 1.82) is 0 Å². The van der Waals surface area contributed by atoms with Crippen LogP contribution in [0.25, 0.3) is 0 Å². The predicted molar refractivity (Wildman–Crippen MR) is 84.0 cm³/mol. The van der Waals surface area contributed by atoms with Gasteiger partial charge in [-0.15, -0.1) is 0 Å². The fourth-order valence-electron chi connectivity index (χ4n) is 2.06. The van der Waals surface area contributed by atoms with E-state index in [-0.39, 0.29) is 5.54 Å². The first-order valence-electron chi connectivity index (χ1n) is 6.92. The molecule has 0 saturated carbocycles. The predicted octanol–water partition coefficient (Wildman–Crippen LogP) is 3.34. The standard InChI is InChI=1S/C16H22N4/c1-16(2,11-9-13-7-5-4-6-8-13)20-14-10-12-18-15(17-3)19-14/h4-8,10,12H,9,11H2,1-3H3,(H2,17,18,19,20). The Bertz CT molecular complexity index is 537. The quantitative estimate of drug-likeness (QED) is 0.845. The van der Waals surface area contributed by atoms with Crippen LogP contribution < -0.4 is 10.6 Å². The maximum absolute atomic E-state index is 4.40. The van der Waals surface area contributed by atoms with Crippen LogP contribution in [0.5, 0.6) is 0 Å². The molecule has 0 unspecified atom stereocenters. The first kappa shape index (κ1) is 14.3. The number of hydrogen-bond donors (Lipinski definition) is 2. The van der Waals surface area contributed by atoms with Crippen LogP contribution in [-0.2, 0) is 6.42 Å². The zero-order chi connectivity index (χ0) is 14.4. The fourth-order valence-corrected chi connectivity index (χ4v) is 2.06. The van der Waals surface area contributed by atoms with E-state index in [0.717, 1.165) is 18.7 Å². The van der Waals surface area contributed by atoms with Gasteiger partial charge in [0.05, 0.1) is 0 Å². The molecule has 0 atom stereocenters. The molecule has 4 heteroatoms. The van der Waals surface area contributed by atoms with E-state index in [0.29, 0.717) is 5.95 Å². The summed E-state index contributed by atoms with van der Waals surface area (Å²) in [6, 6.07) is 12.4. The monoisotopic (exact) mass is 270 g/mol. The normalized spacial score (nSPS) is 11.2. The highest BCUT2D eigenvalue weighted by Crippen LogP contribution is 2.19. The zero-order valence-corrected chi connectivity index (χ0v) is 12.4. The molecule has 0 aliphatic heterocycles.